The molecule has 3 aromatic heterocycles. The van der Waals surface area contributed by atoms with Crippen LogP contribution in [0, 0.1) is 0 Å². The van der Waals surface area contributed by atoms with E-state index in [1.54, 1.807) is 0 Å². The van der Waals surface area contributed by atoms with Crippen LogP contribution in [-0.4, -0.2) is 4.98 Å². The van der Waals surface area contributed by atoms with Gasteiger partial charge in [-0.15, -0.1) is 11.3 Å². The number of nitrogens with zero attached hydrogens (tertiary/aromatic N) is 2. The number of benzene rings is 9. The van der Waals surface area contributed by atoms with Gasteiger partial charge in [0.05, 0.1) is 0 Å². The van der Waals surface area contributed by atoms with Crippen LogP contribution in [0.15, 0.2) is 191 Å². The van der Waals surface area contributed by atoms with Crippen LogP contribution in [0.1, 0.15) is 0 Å². The van der Waals surface area contributed by atoms with Crippen LogP contribution in [0.5, 0.6) is 0 Å². The summed E-state index contributed by atoms with van der Waals surface area (Å²) in [5.41, 5.74) is 9.56. The molecule has 12 aromatic rings. The molecule has 0 unspecified atom stereocenters. The van der Waals surface area contributed by atoms with Gasteiger partial charge >= 0.3 is 0 Å². The molecule has 262 valence electrons. The molecule has 0 aliphatic carbocycles. The van der Waals surface area contributed by atoms with Crippen LogP contribution >= 0.6 is 11.3 Å². The minimum Gasteiger partial charge on any atom is -0.456 e. The maximum absolute atomic E-state index is 6.68. The Kier molecular flexibility index (Phi) is 6.76. The first kappa shape index (κ1) is 31.2. The number of anilines is 3. The fraction of sp³-hybridized carbons (Fsp3) is 0. The second kappa shape index (κ2) is 12.2. The van der Waals surface area contributed by atoms with Crippen molar-refractivity contribution in [2.24, 2.45) is 0 Å². The molecule has 0 spiro atoms. The van der Waals surface area contributed by atoms with E-state index in [9.17, 15) is 0 Å². The van der Waals surface area contributed by atoms with E-state index < -0.39 is 0 Å². The lowest BCUT2D eigenvalue weighted by molar-refractivity contribution is 0.620. The van der Waals surface area contributed by atoms with Crippen molar-refractivity contribution in [3.05, 3.63) is 182 Å². The minimum atomic E-state index is 0.579. The van der Waals surface area contributed by atoms with Crippen molar-refractivity contribution in [2.45, 2.75) is 0 Å². The summed E-state index contributed by atoms with van der Waals surface area (Å²) in [6.45, 7) is 0. The van der Waals surface area contributed by atoms with E-state index >= 15 is 0 Å². The largest absolute Gasteiger partial charge is 0.456 e. The highest BCUT2D eigenvalue weighted by Crippen LogP contribution is 2.45. The van der Waals surface area contributed by atoms with Crippen LogP contribution in [0.4, 0.5) is 17.1 Å². The summed E-state index contributed by atoms with van der Waals surface area (Å²) in [6, 6.07) is 64.5. The molecule has 5 heteroatoms. The molecule has 0 saturated carbocycles. The Morgan fingerprint density at radius 3 is 2.05 bits per heavy atom. The number of aromatic nitrogens is 1. The van der Waals surface area contributed by atoms with Gasteiger partial charge in [0.15, 0.2) is 5.58 Å². The first-order valence-corrected chi connectivity index (χ1v) is 19.6. The third-order valence-electron chi connectivity index (χ3n) is 11.0. The highest BCUT2D eigenvalue weighted by atomic mass is 32.1. The first-order chi connectivity index (χ1) is 27.7. The summed E-state index contributed by atoms with van der Waals surface area (Å²) >= 11 is 1.85. The topological polar surface area (TPSA) is 42.4 Å². The highest BCUT2D eigenvalue weighted by Gasteiger charge is 2.21. The molecular formula is C51H30N2O2S. The lowest BCUT2D eigenvalue weighted by Crippen LogP contribution is -2.09. The molecule has 0 atom stereocenters. The summed E-state index contributed by atoms with van der Waals surface area (Å²) in [4.78, 5) is 7.32. The van der Waals surface area contributed by atoms with E-state index in [1.807, 2.05) is 35.6 Å². The van der Waals surface area contributed by atoms with Gasteiger partial charge in [0.2, 0.25) is 5.89 Å². The van der Waals surface area contributed by atoms with E-state index in [4.69, 9.17) is 13.8 Å². The van der Waals surface area contributed by atoms with E-state index in [0.717, 1.165) is 72.0 Å². The van der Waals surface area contributed by atoms with Crippen LogP contribution in [0.2, 0.25) is 0 Å². The summed E-state index contributed by atoms with van der Waals surface area (Å²) in [6.07, 6.45) is 0. The lowest BCUT2D eigenvalue weighted by atomic mass is 10.0. The average Bonchev–Trinajstić information content (AvgIpc) is 3.96. The zero-order chi connectivity index (χ0) is 36.7. The molecule has 3 heterocycles. The number of hydrogen-bond donors (Lipinski definition) is 0. The third-order valence-corrected chi connectivity index (χ3v) is 12.2. The number of hydrogen-bond acceptors (Lipinski definition) is 5. The quantitative estimate of drug-likeness (QED) is 0.177. The van der Waals surface area contributed by atoms with Crippen molar-refractivity contribution in [1.29, 1.82) is 0 Å². The molecule has 0 fully saturated rings. The highest BCUT2D eigenvalue weighted by molar-refractivity contribution is 7.26. The van der Waals surface area contributed by atoms with E-state index in [2.05, 4.69) is 163 Å². The molecule has 4 nitrogen and oxygen atoms in total. The monoisotopic (exact) mass is 734 g/mol. The van der Waals surface area contributed by atoms with Gasteiger partial charge in [-0.1, -0.05) is 103 Å². The molecule has 0 N–H and O–H groups in total. The van der Waals surface area contributed by atoms with Crippen molar-refractivity contribution in [1.82, 2.24) is 4.98 Å². The molecule has 0 aliphatic rings. The van der Waals surface area contributed by atoms with Gasteiger partial charge in [-0.05, 0) is 105 Å². The Morgan fingerprint density at radius 2 is 1.14 bits per heavy atom. The van der Waals surface area contributed by atoms with Gasteiger partial charge in [-0.25, -0.2) is 4.98 Å². The molecule has 0 radical (unpaired) electrons. The summed E-state index contributed by atoms with van der Waals surface area (Å²) in [5, 5.41) is 9.34. The number of thiophene rings is 1. The maximum atomic E-state index is 6.68. The Morgan fingerprint density at radius 1 is 0.411 bits per heavy atom. The lowest BCUT2D eigenvalue weighted by Gasteiger charge is -2.26. The Labute approximate surface area is 325 Å². The Balaban J connectivity index is 1.05. The smallest absolute Gasteiger partial charge is 0.228 e. The van der Waals surface area contributed by atoms with Gasteiger partial charge in [-0.2, -0.15) is 0 Å². The van der Waals surface area contributed by atoms with Crippen LogP contribution in [0.3, 0.4) is 0 Å². The zero-order valence-corrected chi connectivity index (χ0v) is 30.8. The Hall–Kier alpha value is -7.21. The predicted molar refractivity (Wildman–Crippen MR) is 235 cm³/mol. The van der Waals surface area contributed by atoms with Crippen molar-refractivity contribution in [2.75, 3.05) is 4.90 Å². The van der Waals surface area contributed by atoms with Crippen molar-refractivity contribution in [3.63, 3.8) is 0 Å². The molecule has 56 heavy (non-hydrogen) atoms. The average molecular weight is 735 g/mol. The van der Waals surface area contributed by atoms with Crippen molar-refractivity contribution >= 4 is 103 Å². The van der Waals surface area contributed by atoms with E-state index in [1.165, 1.54) is 36.5 Å². The standard InChI is InChI=1S/C51H30N2O2S/c1-2-10-31(11-3-1)33-15-8-16-36(26-33)53(37-22-25-47-42(29-37)50-39-17-7-6-12-32(39)20-24-48(50)56-47)38-21-23-40-45(30-38)54-44-19-9-18-41(49(40)44)51-52-43-27-34-13-4-5-14-35(34)28-46(43)55-51/h1-30H. The van der Waals surface area contributed by atoms with Gasteiger partial charge in [0.1, 0.15) is 16.7 Å². The van der Waals surface area contributed by atoms with E-state index in [0.29, 0.717) is 5.89 Å². The molecule has 12 rings (SSSR count). The second-order valence-corrected chi connectivity index (χ2v) is 15.4. The maximum Gasteiger partial charge on any atom is 0.228 e. The number of furan rings is 1. The number of fused-ring (bicyclic) bond motifs is 10. The first-order valence-electron chi connectivity index (χ1n) is 18.8. The summed E-state index contributed by atoms with van der Waals surface area (Å²) in [5.74, 6) is 0.579. The van der Waals surface area contributed by atoms with E-state index in [-0.39, 0.29) is 0 Å². The van der Waals surface area contributed by atoms with Gasteiger partial charge in [0.25, 0.3) is 0 Å². The fourth-order valence-electron chi connectivity index (χ4n) is 8.44. The number of rotatable bonds is 5. The molecule has 0 saturated heterocycles. The molecular weight excluding hydrogens is 705 g/mol. The molecule has 0 bridgehead atoms. The van der Waals surface area contributed by atoms with Crippen LogP contribution in [-0.2, 0) is 0 Å². The van der Waals surface area contributed by atoms with Gasteiger partial charge < -0.3 is 13.7 Å². The van der Waals surface area contributed by atoms with Crippen molar-refractivity contribution in [3.8, 4) is 22.6 Å². The minimum absolute atomic E-state index is 0.579. The fourth-order valence-corrected chi connectivity index (χ4v) is 9.54. The molecule has 0 amide bonds. The van der Waals surface area contributed by atoms with Crippen LogP contribution < -0.4 is 4.90 Å². The summed E-state index contributed by atoms with van der Waals surface area (Å²) < 4.78 is 15.7. The number of oxazole rings is 1. The second-order valence-electron chi connectivity index (χ2n) is 14.3. The SMILES string of the molecule is c1ccc(-c2cccc(N(c3ccc4c(c3)oc3cccc(-c5nc6cc7ccccc7cc6o5)c34)c3ccc4sc5ccc6ccccc6c5c4c3)c2)cc1. The van der Waals surface area contributed by atoms with Gasteiger partial charge in [0, 0.05) is 59.6 Å². The normalized spacial score (nSPS) is 11.9. The predicted octanol–water partition coefficient (Wildman–Crippen LogP) is 15.2. The van der Waals surface area contributed by atoms with Crippen molar-refractivity contribution < 1.29 is 8.83 Å². The van der Waals surface area contributed by atoms with Gasteiger partial charge in [-0.3, -0.25) is 0 Å². The molecule has 9 aromatic carbocycles. The third kappa shape index (κ3) is 4.88. The van der Waals surface area contributed by atoms with Crippen LogP contribution in [0.25, 0.3) is 97.3 Å². The summed E-state index contributed by atoms with van der Waals surface area (Å²) in [7, 11) is 0. The Bertz CT molecular complexity index is 3450. The molecule has 0 aliphatic heterocycles. The zero-order valence-electron chi connectivity index (χ0n) is 29.9.